The smallest absolute Gasteiger partial charge is 0.233 e. The Morgan fingerprint density at radius 2 is 1.92 bits per heavy atom. The molecule has 0 atom stereocenters. The summed E-state index contributed by atoms with van der Waals surface area (Å²) >= 11 is 1.07. The largest absolute Gasteiger partial charge is 0.260 e. The van der Waals surface area contributed by atoms with Crippen LogP contribution in [0.3, 0.4) is 0 Å². The molecule has 0 saturated carbocycles. The van der Waals surface area contributed by atoms with E-state index in [-0.39, 0.29) is 10.1 Å². The highest BCUT2D eigenvalue weighted by Gasteiger charge is 2.22. The molecule has 0 amide bonds. The van der Waals surface area contributed by atoms with E-state index in [9.17, 15) is 8.42 Å². The fraction of sp³-hybridized carbons (Fsp3) is 0.118. The van der Waals surface area contributed by atoms with E-state index < -0.39 is 9.84 Å². The maximum atomic E-state index is 12.5. The predicted molar refractivity (Wildman–Crippen MR) is 96.2 cm³/mol. The van der Waals surface area contributed by atoms with E-state index in [1.54, 1.807) is 30.6 Å². The van der Waals surface area contributed by atoms with E-state index in [1.807, 2.05) is 31.2 Å². The van der Waals surface area contributed by atoms with Gasteiger partial charge in [-0.25, -0.2) is 17.9 Å². The van der Waals surface area contributed by atoms with Crippen LogP contribution in [0, 0.1) is 6.92 Å². The van der Waals surface area contributed by atoms with E-state index in [0.717, 1.165) is 22.6 Å². The summed E-state index contributed by atoms with van der Waals surface area (Å²) < 4.78 is 26.6. The summed E-state index contributed by atoms with van der Waals surface area (Å²) in [6.45, 7) is 2.02. The van der Waals surface area contributed by atoms with E-state index in [0.29, 0.717) is 10.7 Å². The Kier molecular flexibility index (Phi) is 3.85. The second-order valence-electron chi connectivity index (χ2n) is 5.67. The number of aromatic nitrogens is 4. The molecule has 0 N–H and O–H groups in total. The van der Waals surface area contributed by atoms with Crippen LogP contribution in [0.4, 0.5) is 0 Å². The molecule has 25 heavy (non-hydrogen) atoms. The lowest BCUT2D eigenvalue weighted by atomic mass is 10.1. The van der Waals surface area contributed by atoms with E-state index in [2.05, 4.69) is 15.1 Å². The topological polar surface area (TPSA) is 77.2 Å². The fourth-order valence-electron chi connectivity index (χ4n) is 2.41. The summed E-state index contributed by atoms with van der Waals surface area (Å²) in [7, 11) is -3.54. The van der Waals surface area contributed by atoms with Crippen molar-refractivity contribution in [3.8, 4) is 11.3 Å². The van der Waals surface area contributed by atoms with Crippen molar-refractivity contribution >= 4 is 26.1 Å². The molecule has 6 nitrogen and oxygen atoms in total. The molecule has 0 spiro atoms. The van der Waals surface area contributed by atoms with Crippen molar-refractivity contribution in [1.82, 2.24) is 19.6 Å². The number of rotatable bonds is 4. The molecular formula is C17H14N4O2S2. The van der Waals surface area contributed by atoms with Gasteiger partial charge in [0.2, 0.25) is 19.1 Å². The number of pyridine rings is 1. The number of benzene rings is 1. The number of nitrogens with zero attached hydrogens (tertiary/aromatic N) is 4. The molecule has 4 rings (SSSR count). The van der Waals surface area contributed by atoms with Crippen molar-refractivity contribution in [2.45, 2.75) is 17.0 Å². The van der Waals surface area contributed by atoms with Crippen molar-refractivity contribution < 1.29 is 8.42 Å². The molecule has 8 heteroatoms. The maximum Gasteiger partial charge on any atom is 0.233 e. The lowest BCUT2D eigenvalue weighted by Crippen LogP contribution is -2.06. The quantitative estimate of drug-likeness (QED) is 0.551. The molecule has 0 aliphatic rings. The third kappa shape index (κ3) is 3.18. The summed E-state index contributed by atoms with van der Waals surface area (Å²) in [5.74, 6) is -0.171. The van der Waals surface area contributed by atoms with E-state index in [1.165, 1.54) is 10.1 Å². The van der Waals surface area contributed by atoms with E-state index in [4.69, 9.17) is 0 Å². The predicted octanol–water partition coefficient (Wildman–Crippen LogP) is 3.14. The van der Waals surface area contributed by atoms with Gasteiger partial charge < -0.3 is 0 Å². The molecule has 1 aromatic carbocycles. The van der Waals surface area contributed by atoms with Gasteiger partial charge in [0.05, 0.1) is 23.3 Å². The highest BCUT2D eigenvalue weighted by atomic mass is 32.2. The first-order valence-corrected chi connectivity index (χ1v) is 10.0. The normalized spacial score (nSPS) is 11.9. The molecule has 0 bridgehead atoms. The van der Waals surface area contributed by atoms with Crippen LogP contribution in [0.1, 0.15) is 11.3 Å². The third-order valence-corrected chi connectivity index (χ3v) is 6.72. The molecule has 3 heterocycles. The van der Waals surface area contributed by atoms with Gasteiger partial charge in [-0.1, -0.05) is 47.2 Å². The molecule has 0 aliphatic carbocycles. The first-order chi connectivity index (χ1) is 12.0. The molecule has 4 aromatic rings. The molecule has 0 saturated heterocycles. The van der Waals surface area contributed by atoms with Gasteiger partial charge in [0.1, 0.15) is 0 Å². The average molecular weight is 370 g/mol. The van der Waals surface area contributed by atoms with Gasteiger partial charge in [-0.15, -0.1) is 5.10 Å². The number of hydrogen-bond acceptors (Lipinski definition) is 6. The minimum absolute atomic E-state index is 0.0520. The molecule has 0 radical (unpaired) electrons. The Hall–Kier alpha value is -2.58. The first kappa shape index (κ1) is 15.9. The second-order valence-corrected chi connectivity index (χ2v) is 8.79. The Labute approximate surface area is 148 Å². The van der Waals surface area contributed by atoms with Crippen LogP contribution in [-0.4, -0.2) is 28.0 Å². The summed E-state index contributed by atoms with van der Waals surface area (Å²) in [5, 5.41) is 4.20. The Balaban J connectivity index is 1.66. The van der Waals surface area contributed by atoms with Crippen molar-refractivity contribution in [3.05, 3.63) is 66.1 Å². The minimum atomic E-state index is -3.54. The van der Waals surface area contributed by atoms with Gasteiger partial charge >= 0.3 is 0 Å². The van der Waals surface area contributed by atoms with Gasteiger partial charge in [0.25, 0.3) is 0 Å². The highest BCUT2D eigenvalue weighted by molar-refractivity contribution is 7.92. The van der Waals surface area contributed by atoms with Crippen LogP contribution in [0.2, 0.25) is 0 Å². The van der Waals surface area contributed by atoms with Gasteiger partial charge in [0, 0.05) is 11.8 Å². The van der Waals surface area contributed by atoms with Gasteiger partial charge in [-0.05, 0) is 19.1 Å². The van der Waals surface area contributed by atoms with Crippen LogP contribution < -0.4 is 0 Å². The molecule has 126 valence electrons. The monoisotopic (exact) mass is 370 g/mol. The van der Waals surface area contributed by atoms with Gasteiger partial charge in [-0.3, -0.25) is 4.98 Å². The minimum Gasteiger partial charge on any atom is -0.260 e. The van der Waals surface area contributed by atoms with Gasteiger partial charge in [-0.2, -0.15) is 0 Å². The lowest BCUT2D eigenvalue weighted by Gasteiger charge is -1.99. The molecule has 0 fully saturated rings. The Morgan fingerprint density at radius 1 is 1.12 bits per heavy atom. The van der Waals surface area contributed by atoms with Crippen LogP contribution in [0.15, 0.2) is 59.2 Å². The maximum absolute atomic E-state index is 12.5. The molecule has 3 aromatic heterocycles. The Morgan fingerprint density at radius 3 is 2.60 bits per heavy atom. The highest BCUT2D eigenvalue weighted by Crippen LogP contribution is 2.26. The number of hydrogen-bond donors (Lipinski definition) is 0. The van der Waals surface area contributed by atoms with E-state index >= 15 is 0 Å². The van der Waals surface area contributed by atoms with Crippen molar-refractivity contribution in [2.24, 2.45) is 0 Å². The SMILES string of the molecule is Cc1ccc(-c2cn3nc(S(=O)(=O)Cc4ccccn4)sc3n2)cc1. The van der Waals surface area contributed by atoms with Crippen molar-refractivity contribution in [2.75, 3.05) is 0 Å². The summed E-state index contributed by atoms with van der Waals surface area (Å²) in [5.41, 5.74) is 3.41. The zero-order valence-corrected chi connectivity index (χ0v) is 15.0. The zero-order valence-electron chi connectivity index (χ0n) is 13.3. The van der Waals surface area contributed by atoms with Crippen molar-refractivity contribution in [1.29, 1.82) is 0 Å². The fourth-order valence-corrected chi connectivity index (χ4v) is 4.83. The molecule has 0 unspecified atom stereocenters. The summed E-state index contributed by atoms with van der Waals surface area (Å²) in [6, 6.07) is 13.2. The van der Waals surface area contributed by atoms with Crippen molar-refractivity contribution in [3.63, 3.8) is 0 Å². The summed E-state index contributed by atoms with van der Waals surface area (Å²) in [6.07, 6.45) is 3.32. The lowest BCUT2D eigenvalue weighted by molar-refractivity contribution is 0.592. The van der Waals surface area contributed by atoms with Gasteiger partial charge in [0.15, 0.2) is 0 Å². The standard InChI is InChI=1S/C17H14N4O2S2/c1-12-5-7-13(8-6-12)15-10-21-16(19-15)24-17(20-21)25(22,23)11-14-4-2-3-9-18-14/h2-10H,11H2,1H3. The van der Waals surface area contributed by atoms with Crippen LogP contribution >= 0.6 is 11.3 Å². The number of aryl methyl sites for hydroxylation is 1. The Bertz CT molecular complexity index is 1100. The van der Waals surface area contributed by atoms with Crippen LogP contribution in [-0.2, 0) is 15.6 Å². The summed E-state index contributed by atoms with van der Waals surface area (Å²) in [4.78, 5) is 9.11. The number of imidazole rings is 1. The molecular weight excluding hydrogens is 356 g/mol. The average Bonchev–Trinajstić information content (AvgIpc) is 3.15. The second kappa shape index (κ2) is 6.05. The zero-order chi connectivity index (χ0) is 17.4. The number of sulfone groups is 1. The third-order valence-electron chi connectivity index (χ3n) is 3.70. The first-order valence-electron chi connectivity index (χ1n) is 7.57. The molecule has 0 aliphatic heterocycles. The van der Waals surface area contributed by atoms with Crippen LogP contribution in [0.5, 0.6) is 0 Å². The van der Waals surface area contributed by atoms with Crippen LogP contribution in [0.25, 0.3) is 16.2 Å². The number of fused-ring (bicyclic) bond motifs is 1.